The molecule has 0 amide bonds. The molecule has 78 valence electrons. The Balaban J connectivity index is 2.81. The molecule has 0 atom stereocenters. The fourth-order valence-electron chi connectivity index (χ4n) is 1.15. The molecular formula is C12H10ClFO. The molecule has 1 rings (SSSR count). The van der Waals surface area contributed by atoms with Crippen LogP contribution in [0.2, 0.25) is 5.02 Å². The summed E-state index contributed by atoms with van der Waals surface area (Å²) >= 11 is 5.67. The van der Waals surface area contributed by atoms with Crippen molar-refractivity contribution in [2.45, 2.75) is 19.8 Å². The Labute approximate surface area is 93.3 Å². The zero-order chi connectivity index (χ0) is 11.3. The second-order valence-electron chi connectivity index (χ2n) is 2.95. The minimum Gasteiger partial charge on any atom is -0.294 e. The summed E-state index contributed by atoms with van der Waals surface area (Å²) in [7, 11) is 0. The highest BCUT2D eigenvalue weighted by Crippen LogP contribution is 2.21. The van der Waals surface area contributed by atoms with Crippen LogP contribution in [0.1, 0.15) is 30.1 Å². The van der Waals surface area contributed by atoms with E-state index in [0.29, 0.717) is 6.42 Å². The van der Waals surface area contributed by atoms with E-state index in [9.17, 15) is 9.18 Å². The summed E-state index contributed by atoms with van der Waals surface area (Å²) in [6.07, 6.45) is 0.742. The largest absolute Gasteiger partial charge is 0.294 e. The number of Topliss-reactive ketones (excluding diaryl/α,β-unsaturated/α-hetero) is 1. The van der Waals surface area contributed by atoms with Crippen LogP contribution in [-0.4, -0.2) is 5.78 Å². The Morgan fingerprint density at radius 3 is 2.93 bits per heavy atom. The second kappa shape index (κ2) is 5.53. The fourth-order valence-corrected chi connectivity index (χ4v) is 1.39. The standard InChI is InChI=1S/C12H10ClFO/c1-2-3-4-8-11(15)9-6-5-7-10(14)12(9)13/h5-7H,4,8H2,1H3. The Bertz CT molecular complexity index is 429. The minimum absolute atomic E-state index is 0.105. The summed E-state index contributed by atoms with van der Waals surface area (Å²) in [6.45, 7) is 1.71. The molecule has 0 aromatic heterocycles. The quantitative estimate of drug-likeness (QED) is 0.568. The molecule has 0 aliphatic heterocycles. The predicted molar refractivity (Wildman–Crippen MR) is 58.4 cm³/mol. The molecule has 0 spiro atoms. The van der Waals surface area contributed by atoms with Crippen LogP contribution in [0.4, 0.5) is 4.39 Å². The lowest BCUT2D eigenvalue weighted by Gasteiger charge is -2.02. The van der Waals surface area contributed by atoms with Crippen LogP contribution in [0.15, 0.2) is 18.2 Å². The van der Waals surface area contributed by atoms with E-state index in [4.69, 9.17) is 11.6 Å². The zero-order valence-electron chi connectivity index (χ0n) is 8.31. The van der Waals surface area contributed by atoms with Crippen molar-refractivity contribution < 1.29 is 9.18 Å². The van der Waals surface area contributed by atoms with Crippen LogP contribution in [0.3, 0.4) is 0 Å². The van der Waals surface area contributed by atoms with Crippen LogP contribution in [0.5, 0.6) is 0 Å². The van der Waals surface area contributed by atoms with Crippen LogP contribution >= 0.6 is 11.6 Å². The molecule has 0 aliphatic rings. The average Bonchev–Trinajstić information content (AvgIpc) is 2.22. The highest BCUT2D eigenvalue weighted by atomic mass is 35.5. The summed E-state index contributed by atoms with van der Waals surface area (Å²) in [4.78, 5) is 11.6. The third-order valence-electron chi connectivity index (χ3n) is 1.91. The van der Waals surface area contributed by atoms with E-state index in [1.165, 1.54) is 18.2 Å². The molecule has 0 saturated carbocycles. The van der Waals surface area contributed by atoms with E-state index in [2.05, 4.69) is 11.8 Å². The number of halogens is 2. The molecule has 0 bridgehead atoms. The van der Waals surface area contributed by atoms with Crippen molar-refractivity contribution in [3.63, 3.8) is 0 Å². The average molecular weight is 225 g/mol. The maximum atomic E-state index is 13.0. The SMILES string of the molecule is CC#CCCC(=O)c1cccc(F)c1Cl. The molecule has 0 N–H and O–H groups in total. The van der Waals surface area contributed by atoms with Crippen LogP contribution in [-0.2, 0) is 0 Å². The molecular weight excluding hydrogens is 215 g/mol. The third-order valence-corrected chi connectivity index (χ3v) is 2.29. The number of hydrogen-bond donors (Lipinski definition) is 0. The van der Waals surface area contributed by atoms with Crippen LogP contribution < -0.4 is 0 Å². The van der Waals surface area contributed by atoms with Gasteiger partial charge in [-0.2, -0.15) is 0 Å². The lowest BCUT2D eigenvalue weighted by atomic mass is 10.1. The Morgan fingerprint density at radius 1 is 1.53 bits per heavy atom. The van der Waals surface area contributed by atoms with Crippen molar-refractivity contribution in [1.82, 2.24) is 0 Å². The zero-order valence-corrected chi connectivity index (χ0v) is 9.07. The number of carbonyl (C=O) groups is 1. The van der Waals surface area contributed by atoms with Gasteiger partial charge < -0.3 is 0 Å². The number of benzene rings is 1. The van der Waals surface area contributed by atoms with E-state index in [1.54, 1.807) is 6.92 Å². The molecule has 3 heteroatoms. The molecule has 0 radical (unpaired) electrons. The second-order valence-corrected chi connectivity index (χ2v) is 3.33. The van der Waals surface area contributed by atoms with Gasteiger partial charge in [-0.05, 0) is 19.1 Å². The van der Waals surface area contributed by atoms with E-state index >= 15 is 0 Å². The van der Waals surface area contributed by atoms with Gasteiger partial charge in [0, 0.05) is 18.4 Å². The summed E-state index contributed by atoms with van der Waals surface area (Å²) < 4.78 is 13.0. The first-order valence-corrected chi connectivity index (χ1v) is 4.91. The van der Waals surface area contributed by atoms with E-state index in [-0.39, 0.29) is 22.8 Å². The summed E-state index contributed by atoms with van der Waals surface area (Å²) in [6, 6.07) is 4.22. The Kier molecular flexibility index (Phi) is 4.33. The lowest BCUT2D eigenvalue weighted by molar-refractivity contribution is 0.0984. The molecule has 0 heterocycles. The molecule has 1 nitrogen and oxygen atoms in total. The Hall–Kier alpha value is -1.33. The third kappa shape index (κ3) is 3.07. The number of hydrogen-bond acceptors (Lipinski definition) is 1. The summed E-state index contributed by atoms with van der Waals surface area (Å²) in [5, 5.41) is -0.105. The van der Waals surface area contributed by atoms with Gasteiger partial charge >= 0.3 is 0 Å². The van der Waals surface area contributed by atoms with Gasteiger partial charge in [-0.15, -0.1) is 11.8 Å². The minimum atomic E-state index is -0.566. The highest BCUT2D eigenvalue weighted by molar-refractivity contribution is 6.34. The first-order chi connectivity index (χ1) is 7.16. The van der Waals surface area contributed by atoms with E-state index in [0.717, 1.165) is 0 Å². The molecule has 1 aromatic carbocycles. The van der Waals surface area contributed by atoms with E-state index < -0.39 is 5.82 Å². The predicted octanol–water partition coefficient (Wildman–Crippen LogP) is 3.47. The fraction of sp³-hybridized carbons (Fsp3) is 0.250. The molecule has 0 fully saturated rings. The first-order valence-electron chi connectivity index (χ1n) is 4.53. The van der Waals surface area contributed by atoms with Crippen molar-refractivity contribution in [2.24, 2.45) is 0 Å². The van der Waals surface area contributed by atoms with Crippen molar-refractivity contribution >= 4 is 17.4 Å². The van der Waals surface area contributed by atoms with Crippen LogP contribution in [0.25, 0.3) is 0 Å². The maximum absolute atomic E-state index is 13.0. The van der Waals surface area contributed by atoms with Gasteiger partial charge in [0.25, 0.3) is 0 Å². The summed E-state index contributed by atoms with van der Waals surface area (Å²) in [5.74, 6) is 4.72. The number of carbonyl (C=O) groups excluding carboxylic acids is 1. The van der Waals surface area contributed by atoms with Gasteiger partial charge in [0.1, 0.15) is 5.82 Å². The number of ketones is 1. The first kappa shape index (κ1) is 11.7. The topological polar surface area (TPSA) is 17.1 Å². The van der Waals surface area contributed by atoms with E-state index in [1.807, 2.05) is 0 Å². The number of rotatable bonds is 3. The molecule has 0 aliphatic carbocycles. The Morgan fingerprint density at radius 2 is 2.27 bits per heavy atom. The van der Waals surface area contributed by atoms with Crippen molar-refractivity contribution in [3.05, 3.63) is 34.6 Å². The lowest BCUT2D eigenvalue weighted by Crippen LogP contribution is -2.00. The van der Waals surface area contributed by atoms with Crippen LogP contribution in [0, 0.1) is 17.7 Å². The molecule has 0 unspecified atom stereocenters. The molecule has 15 heavy (non-hydrogen) atoms. The normalized spacial score (nSPS) is 9.27. The smallest absolute Gasteiger partial charge is 0.165 e. The van der Waals surface area contributed by atoms with Gasteiger partial charge in [0.05, 0.1) is 5.02 Å². The monoisotopic (exact) mass is 224 g/mol. The van der Waals surface area contributed by atoms with Gasteiger partial charge in [0.15, 0.2) is 5.78 Å². The van der Waals surface area contributed by atoms with Gasteiger partial charge in [-0.25, -0.2) is 4.39 Å². The summed E-state index contributed by atoms with van der Waals surface area (Å²) in [5.41, 5.74) is 0.231. The van der Waals surface area contributed by atoms with Crippen molar-refractivity contribution in [2.75, 3.05) is 0 Å². The van der Waals surface area contributed by atoms with Gasteiger partial charge in [-0.3, -0.25) is 4.79 Å². The molecule has 1 aromatic rings. The van der Waals surface area contributed by atoms with Gasteiger partial charge in [0.2, 0.25) is 0 Å². The highest BCUT2D eigenvalue weighted by Gasteiger charge is 2.12. The molecule has 0 saturated heterocycles. The van der Waals surface area contributed by atoms with Crippen molar-refractivity contribution in [1.29, 1.82) is 0 Å². The van der Waals surface area contributed by atoms with Crippen molar-refractivity contribution in [3.8, 4) is 11.8 Å². The maximum Gasteiger partial charge on any atom is 0.165 e. The van der Waals surface area contributed by atoms with Gasteiger partial charge in [-0.1, -0.05) is 17.7 Å².